The molecule has 0 spiro atoms. The summed E-state index contributed by atoms with van der Waals surface area (Å²) in [6.45, 7) is 2.04. The first-order chi connectivity index (χ1) is 11.7. The highest BCUT2D eigenvalue weighted by molar-refractivity contribution is 5.99. The fourth-order valence-corrected chi connectivity index (χ4v) is 2.60. The highest BCUT2D eigenvalue weighted by atomic mass is 16.5. The van der Waals surface area contributed by atoms with E-state index in [9.17, 15) is 9.59 Å². The van der Waals surface area contributed by atoms with Crippen molar-refractivity contribution in [2.45, 2.75) is 32.3 Å². The molecular formula is C19H20N2O3. The first kappa shape index (κ1) is 16.1. The van der Waals surface area contributed by atoms with Crippen molar-refractivity contribution >= 4 is 23.2 Å². The van der Waals surface area contributed by atoms with Gasteiger partial charge in [0.25, 0.3) is 5.91 Å². The SMILES string of the molecule is CCCCC(=O)Nc1ccc2c(c1)NC(=O)C(c1ccccc1)O2. The molecule has 5 nitrogen and oxygen atoms in total. The minimum absolute atomic E-state index is 0.0259. The van der Waals surface area contributed by atoms with E-state index in [0.29, 0.717) is 23.5 Å². The number of carbonyl (C=O) groups is 2. The van der Waals surface area contributed by atoms with Gasteiger partial charge >= 0.3 is 0 Å². The van der Waals surface area contributed by atoms with Crippen molar-refractivity contribution in [1.82, 2.24) is 0 Å². The van der Waals surface area contributed by atoms with Crippen molar-refractivity contribution in [2.24, 2.45) is 0 Å². The number of unbranched alkanes of at least 4 members (excludes halogenated alkanes) is 1. The average molecular weight is 324 g/mol. The molecule has 2 aromatic carbocycles. The molecule has 0 radical (unpaired) electrons. The summed E-state index contributed by atoms with van der Waals surface area (Å²) in [4.78, 5) is 24.1. The van der Waals surface area contributed by atoms with E-state index in [1.165, 1.54) is 0 Å². The predicted molar refractivity (Wildman–Crippen MR) is 93.0 cm³/mol. The van der Waals surface area contributed by atoms with Crippen molar-refractivity contribution in [3.05, 3.63) is 54.1 Å². The molecule has 124 valence electrons. The van der Waals surface area contributed by atoms with Gasteiger partial charge in [-0.05, 0) is 24.6 Å². The van der Waals surface area contributed by atoms with Crippen LogP contribution in [-0.4, -0.2) is 11.8 Å². The highest BCUT2D eigenvalue weighted by Gasteiger charge is 2.29. The summed E-state index contributed by atoms with van der Waals surface area (Å²) >= 11 is 0. The van der Waals surface area contributed by atoms with Gasteiger partial charge in [0.05, 0.1) is 5.69 Å². The zero-order valence-electron chi connectivity index (χ0n) is 13.5. The van der Waals surface area contributed by atoms with E-state index in [1.54, 1.807) is 18.2 Å². The molecule has 2 N–H and O–H groups in total. The molecule has 2 amide bonds. The Bertz CT molecular complexity index is 744. The fourth-order valence-electron chi connectivity index (χ4n) is 2.60. The molecule has 5 heteroatoms. The van der Waals surface area contributed by atoms with Crippen LogP contribution in [0.25, 0.3) is 0 Å². The molecule has 0 aliphatic carbocycles. The maximum atomic E-state index is 12.3. The van der Waals surface area contributed by atoms with Gasteiger partial charge in [-0.25, -0.2) is 0 Å². The van der Waals surface area contributed by atoms with E-state index in [4.69, 9.17) is 4.74 Å². The van der Waals surface area contributed by atoms with Gasteiger partial charge in [0.1, 0.15) is 5.75 Å². The van der Waals surface area contributed by atoms with Gasteiger partial charge in [0, 0.05) is 17.7 Å². The minimum Gasteiger partial charge on any atom is -0.474 e. The number of rotatable bonds is 5. The Morgan fingerprint density at radius 1 is 1.21 bits per heavy atom. The Morgan fingerprint density at radius 2 is 2.00 bits per heavy atom. The smallest absolute Gasteiger partial charge is 0.270 e. The standard InChI is InChI=1S/C19H20N2O3/c1-2-3-9-17(22)20-14-10-11-16-15(12-14)21-19(23)18(24-16)13-7-5-4-6-8-13/h4-8,10-12,18H,2-3,9H2,1H3,(H,20,22)(H,21,23). The van der Waals surface area contributed by atoms with E-state index < -0.39 is 6.10 Å². The van der Waals surface area contributed by atoms with Crippen LogP contribution in [0.2, 0.25) is 0 Å². The van der Waals surface area contributed by atoms with Crippen LogP contribution in [0.4, 0.5) is 11.4 Å². The molecular weight excluding hydrogens is 304 g/mol. The second-order valence-electron chi connectivity index (χ2n) is 5.76. The third-order valence-electron chi connectivity index (χ3n) is 3.86. The molecule has 2 aromatic rings. The average Bonchev–Trinajstić information content (AvgIpc) is 2.60. The largest absolute Gasteiger partial charge is 0.474 e. The zero-order chi connectivity index (χ0) is 16.9. The van der Waals surface area contributed by atoms with Crippen LogP contribution >= 0.6 is 0 Å². The molecule has 1 aliphatic heterocycles. The molecule has 1 heterocycles. The molecule has 1 aliphatic rings. The molecule has 24 heavy (non-hydrogen) atoms. The normalized spacial score (nSPS) is 15.9. The summed E-state index contributed by atoms with van der Waals surface area (Å²) in [5, 5.41) is 5.69. The maximum absolute atomic E-state index is 12.3. The Balaban J connectivity index is 1.75. The Hall–Kier alpha value is -2.82. The van der Waals surface area contributed by atoms with Crippen LogP contribution in [0, 0.1) is 0 Å². The monoisotopic (exact) mass is 324 g/mol. The number of carbonyl (C=O) groups excluding carboxylic acids is 2. The topological polar surface area (TPSA) is 67.4 Å². The molecule has 1 atom stereocenters. The number of ether oxygens (including phenoxy) is 1. The van der Waals surface area contributed by atoms with E-state index in [0.717, 1.165) is 18.4 Å². The van der Waals surface area contributed by atoms with E-state index in [-0.39, 0.29) is 11.8 Å². The second kappa shape index (κ2) is 7.17. The van der Waals surface area contributed by atoms with Crippen LogP contribution in [0.3, 0.4) is 0 Å². The van der Waals surface area contributed by atoms with Crippen LogP contribution in [-0.2, 0) is 9.59 Å². The lowest BCUT2D eigenvalue weighted by Crippen LogP contribution is -2.30. The summed E-state index contributed by atoms with van der Waals surface area (Å²) < 4.78 is 5.83. The van der Waals surface area contributed by atoms with Gasteiger partial charge in [-0.15, -0.1) is 0 Å². The minimum atomic E-state index is -0.663. The van der Waals surface area contributed by atoms with Gasteiger partial charge in [0.15, 0.2) is 0 Å². The Morgan fingerprint density at radius 3 is 2.75 bits per heavy atom. The molecule has 0 saturated carbocycles. The lowest BCUT2D eigenvalue weighted by Gasteiger charge is -2.26. The summed E-state index contributed by atoms with van der Waals surface area (Å²) in [6.07, 6.45) is 1.66. The zero-order valence-corrected chi connectivity index (χ0v) is 13.5. The van der Waals surface area contributed by atoms with Crippen LogP contribution in [0.15, 0.2) is 48.5 Å². The third-order valence-corrected chi connectivity index (χ3v) is 3.86. The number of anilines is 2. The summed E-state index contributed by atoms with van der Waals surface area (Å²) in [6, 6.07) is 14.6. The van der Waals surface area contributed by atoms with Gasteiger partial charge in [-0.2, -0.15) is 0 Å². The van der Waals surface area contributed by atoms with Crippen molar-refractivity contribution in [3.63, 3.8) is 0 Å². The third kappa shape index (κ3) is 3.56. The predicted octanol–water partition coefficient (Wildman–Crippen LogP) is 3.89. The molecule has 3 rings (SSSR count). The highest BCUT2D eigenvalue weighted by Crippen LogP contribution is 2.36. The lowest BCUT2D eigenvalue weighted by atomic mass is 10.1. The Kier molecular flexibility index (Phi) is 4.79. The van der Waals surface area contributed by atoms with E-state index >= 15 is 0 Å². The number of nitrogens with one attached hydrogen (secondary N) is 2. The summed E-state index contributed by atoms with van der Waals surface area (Å²) in [5.41, 5.74) is 2.02. The number of hydrogen-bond acceptors (Lipinski definition) is 3. The molecule has 0 aromatic heterocycles. The first-order valence-electron chi connectivity index (χ1n) is 8.13. The lowest BCUT2D eigenvalue weighted by molar-refractivity contribution is -0.123. The van der Waals surface area contributed by atoms with Crippen LogP contribution < -0.4 is 15.4 Å². The fraction of sp³-hybridized carbons (Fsp3) is 0.263. The van der Waals surface area contributed by atoms with Crippen molar-refractivity contribution < 1.29 is 14.3 Å². The van der Waals surface area contributed by atoms with E-state index in [2.05, 4.69) is 10.6 Å². The van der Waals surface area contributed by atoms with Crippen LogP contribution in [0.1, 0.15) is 37.9 Å². The quantitative estimate of drug-likeness (QED) is 0.877. The van der Waals surface area contributed by atoms with Crippen LogP contribution in [0.5, 0.6) is 5.75 Å². The molecule has 1 unspecified atom stereocenters. The number of amides is 2. The van der Waals surface area contributed by atoms with Gasteiger partial charge < -0.3 is 15.4 Å². The second-order valence-corrected chi connectivity index (χ2v) is 5.76. The number of hydrogen-bond donors (Lipinski definition) is 2. The number of benzene rings is 2. The van der Waals surface area contributed by atoms with Crippen molar-refractivity contribution in [3.8, 4) is 5.75 Å². The van der Waals surface area contributed by atoms with Gasteiger partial charge in [-0.3, -0.25) is 9.59 Å². The number of fused-ring (bicyclic) bond motifs is 1. The maximum Gasteiger partial charge on any atom is 0.270 e. The molecule has 0 fully saturated rings. The summed E-state index contributed by atoms with van der Waals surface area (Å²) in [5.74, 6) is 0.347. The van der Waals surface area contributed by atoms with Crippen molar-refractivity contribution in [1.29, 1.82) is 0 Å². The summed E-state index contributed by atoms with van der Waals surface area (Å²) in [7, 11) is 0. The van der Waals surface area contributed by atoms with Crippen molar-refractivity contribution in [2.75, 3.05) is 10.6 Å². The van der Waals surface area contributed by atoms with E-state index in [1.807, 2.05) is 37.3 Å². The first-order valence-corrected chi connectivity index (χ1v) is 8.13. The van der Waals surface area contributed by atoms with Gasteiger partial charge in [0.2, 0.25) is 12.0 Å². The molecule has 0 saturated heterocycles. The van der Waals surface area contributed by atoms with Gasteiger partial charge in [-0.1, -0.05) is 43.7 Å². The Labute approximate surface area is 141 Å². The molecule has 0 bridgehead atoms.